The van der Waals surface area contributed by atoms with E-state index >= 15 is 0 Å². The fourth-order valence-electron chi connectivity index (χ4n) is 1.21. The second-order valence-corrected chi connectivity index (χ2v) is 7.15. The molecule has 1 aromatic heterocycles. The lowest BCUT2D eigenvalue weighted by Crippen LogP contribution is -2.16. The minimum absolute atomic E-state index is 0.00369. The lowest BCUT2D eigenvalue weighted by molar-refractivity contribution is 0.595. The number of halogens is 1. The Morgan fingerprint density at radius 2 is 2.12 bits per heavy atom. The van der Waals surface area contributed by atoms with Crippen LogP contribution in [0.5, 0.6) is 0 Å². The molecule has 0 aliphatic heterocycles. The third kappa shape index (κ3) is 2.85. The molecular weight excluding hydrogens is 304 g/mol. The molecule has 0 unspecified atom stereocenters. The first kappa shape index (κ1) is 14.1. The predicted octanol–water partition coefficient (Wildman–Crippen LogP) is 2.44. The molecule has 0 N–H and O–H groups in total. The molecule has 0 amide bonds. The van der Waals surface area contributed by atoms with Gasteiger partial charge in [-0.15, -0.1) is 0 Å². The predicted molar refractivity (Wildman–Crippen MR) is 68.3 cm³/mol. The van der Waals surface area contributed by atoms with Crippen LogP contribution in [0.4, 0.5) is 0 Å². The van der Waals surface area contributed by atoms with Gasteiger partial charge in [-0.05, 0) is 41.4 Å². The van der Waals surface area contributed by atoms with E-state index in [0.717, 1.165) is 0 Å². The van der Waals surface area contributed by atoms with Crippen molar-refractivity contribution in [2.75, 3.05) is 5.75 Å². The Hall–Kier alpha value is -0.930. The van der Waals surface area contributed by atoms with Crippen LogP contribution >= 0.6 is 15.9 Å². The molecule has 4 nitrogen and oxygen atoms in total. The fraction of sp³-hybridized carbons (Fsp3) is 0.455. The minimum Gasteiger partial charge on any atom is -0.248 e. The number of nitriles is 1. The zero-order chi connectivity index (χ0) is 13.3. The van der Waals surface area contributed by atoms with Gasteiger partial charge in [0.1, 0.15) is 4.60 Å². The van der Waals surface area contributed by atoms with Crippen LogP contribution in [0.15, 0.2) is 21.8 Å². The van der Waals surface area contributed by atoms with E-state index in [9.17, 15) is 8.42 Å². The van der Waals surface area contributed by atoms with Crippen molar-refractivity contribution >= 4 is 25.8 Å². The first-order valence-electron chi connectivity index (χ1n) is 5.04. The van der Waals surface area contributed by atoms with E-state index in [2.05, 4.69) is 27.0 Å². The summed E-state index contributed by atoms with van der Waals surface area (Å²) >= 11 is 3.12. The molecule has 0 bridgehead atoms. The molecule has 0 aliphatic rings. The van der Waals surface area contributed by atoms with Crippen LogP contribution in [0.1, 0.15) is 26.3 Å². The van der Waals surface area contributed by atoms with Crippen LogP contribution in [0.3, 0.4) is 0 Å². The normalized spacial score (nSPS) is 12.2. The largest absolute Gasteiger partial charge is 0.248 e. The van der Waals surface area contributed by atoms with Crippen molar-refractivity contribution in [3.63, 3.8) is 0 Å². The van der Waals surface area contributed by atoms with E-state index in [1.165, 1.54) is 12.3 Å². The second-order valence-electron chi connectivity index (χ2n) is 4.15. The maximum Gasteiger partial charge on any atom is 0.180 e. The van der Waals surface area contributed by atoms with Gasteiger partial charge in [-0.25, -0.2) is 13.4 Å². The number of hydrogen-bond acceptors (Lipinski definition) is 4. The van der Waals surface area contributed by atoms with Crippen LogP contribution in [-0.2, 0) is 15.3 Å². The molecular formula is C11H13BrN2O2S. The van der Waals surface area contributed by atoms with Crippen molar-refractivity contribution in [1.82, 2.24) is 4.98 Å². The van der Waals surface area contributed by atoms with Gasteiger partial charge < -0.3 is 0 Å². The molecule has 92 valence electrons. The van der Waals surface area contributed by atoms with Gasteiger partial charge in [0.15, 0.2) is 9.84 Å². The molecule has 6 heteroatoms. The van der Waals surface area contributed by atoms with Crippen molar-refractivity contribution < 1.29 is 8.42 Å². The molecule has 0 saturated heterocycles. The van der Waals surface area contributed by atoms with Crippen LogP contribution in [0.2, 0.25) is 0 Å². The summed E-state index contributed by atoms with van der Waals surface area (Å²) in [6, 6.07) is 3.64. The number of rotatable bonds is 3. The molecule has 17 heavy (non-hydrogen) atoms. The van der Waals surface area contributed by atoms with Gasteiger partial charge in [-0.3, -0.25) is 0 Å². The van der Waals surface area contributed by atoms with Crippen molar-refractivity contribution in [2.24, 2.45) is 0 Å². The lowest BCUT2D eigenvalue weighted by Gasteiger charge is -2.16. The number of aromatic nitrogens is 1. The van der Waals surface area contributed by atoms with E-state index in [0.29, 0.717) is 5.56 Å². The summed E-state index contributed by atoms with van der Waals surface area (Å²) in [7, 11) is -3.34. The standard InChI is InChI=1S/C11H13BrN2O2S/c1-4-17(15,16)9-5-8(6-14-10(9)12)11(2,3)7-13/h5-6H,4H2,1-3H3. The van der Waals surface area contributed by atoms with Crippen LogP contribution < -0.4 is 0 Å². The Bertz CT molecular complexity index is 574. The fourth-order valence-corrected chi connectivity index (χ4v) is 3.09. The molecule has 1 rings (SSSR count). The highest BCUT2D eigenvalue weighted by Gasteiger charge is 2.24. The van der Waals surface area contributed by atoms with E-state index < -0.39 is 15.3 Å². The lowest BCUT2D eigenvalue weighted by atomic mass is 9.88. The average molecular weight is 317 g/mol. The van der Waals surface area contributed by atoms with Crippen molar-refractivity contribution in [1.29, 1.82) is 5.26 Å². The van der Waals surface area contributed by atoms with Crippen molar-refractivity contribution in [2.45, 2.75) is 31.1 Å². The number of pyridine rings is 1. The molecule has 0 aliphatic carbocycles. The topological polar surface area (TPSA) is 70.8 Å². The summed E-state index contributed by atoms with van der Waals surface area (Å²) in [4.78, 5) is 4.13. The Morgan fingerprint density at radius 3 is 2.59 bits per heavy atom. The molecule has 1 aromatic rings. The van der Waals surface area contributed by atoms with Crippen molar-refractivity contribution in [3.05, 3.63) is 22.4 Å². The zero-order valence-corrected chi connectivity index (χ0v) is 12.3. The zero-order valence-electron chi connectivity index (χ0n) is 9.86. The maximum absolute atomic E-state index is 11.8. The summed E-state index contributed by atoms with van der Waals surface area (Å²) in [5.41, 5.74) is -0.165. The number of nitrogens with zero attached hydrogens (tertiary/aromatic N) is 2. The van der Waals surface area contributed by atoms with Crippen LogP contribution in [0.25, 0.3) is 0 Å². The number of hydrogen-bond donors (Lipinski definition) is 0. The molecule has 0 saturated carbocycles. The van der Waals surface area contributed by atoms with Crippen LogP contribution in [0, 0.1) is 11.3 Å². The minimum atomic E-state index is -3.34. The number of sulfone groups is 1. The Kier molecular flexibility index (Phi) is 3.95. The molecule has 0 spiro atoms. The van der Waals surface area contributed by atoms with Gasteiger partial charge in [-0.2, -0.15) is 5.26 Å². The van der Waals surface area contributed by atoms with E-state index in [1.807, 2.05) is 0 Å². The Labute approximate surface area is 110 Å². The SMILES string of the molecule is CCS(=O)(=O)c1cc(C(C)(C)C#N)cnc1Br. The highest BCUT2D eigenvalue weighted by atomic mass is 79.9. The van der Waals surface area contributed by atoms with Crippen molar-refractivity contribution in [3.8, 4) is 6.07 Å². The maximum atomic E-state index is 11.8. The smallest absolute Gasteiger partial charge is 0.180 e. The third-order valence-corrected chi connectivity index (χ3v) is 5.16. The Morgan fingerprint density at radius 1 is 1.53 bits per heavy atom. The van der Waals surface area contributed by atoms with Gasteiger partial charge >= 0.3 is 0 Å². The quantitative estimate of drug-likeness (QED) is 0.803. The first-order valence-corrected chi connectivity index (χ1v) is 7.49. The highest BCUT2D eigenvalue weighted by Crippen LogP contribution is 2.28. The van der Waals surface area contributed by atoms with E-state index in [4.69, 9.17) is 5.26 Å². The van der Waals surface area contributed by atoms with Gasteiger partial charge in [0.2, 0.25) is 0 Å². The molecule has 0 radical (unpaired) electrons. The Balaban J connectivity index is 3.47. The van der Waals surface area contributed by atoms with Crippen LogP contribution in [-0.4, -0.2) is 19.2 Å². The summed E-state index contributed by atoms with van der Waals surface area (Å²) in [6.07, 6.45) is 1.52. The summed E-state index contributed by atoms with van der Waals surface area (Å²) in [5, 5.41) is 9.03. The monoisotopic (exact) mass is 316 g/mol. The van der Waals surface area contributed by atoms with E-state index in [1.54, 1.807) is 20.8 Å². The molecule has 0 atom stereocenters. The second kappa shape index (κ2) is 4.75. The molecule has 1 heterocycles. The molecule has 0 fully saturated rings. The highest BCUT2D eigenvalue weighted by molar-refractivity contribution is 9.10. The first-order chi connectivity index (χ1) is 7.74. The van der Waals surface area contributed by atoms with E-state index in [-0.39, 0.29) is 15.3 Å². The summed E-state index contributed by atoms with van der Waals surface area (Å²) in [5.74, 6) is 0.00369. The summed E-state index contributed by atoms with van der Waals surface area (Å²) < 4.78 is 24.0. The van der Waals surface area contributed by atoms with Gasteiger partial charge in [0.25, 0.3) is 0 Å². The van der Waals surface area contributed by atoms with Gasteiger partial charge in [0, 0.05) is 6.20 Å². The van der Waals surface area contributed by atoms with Gasteiger partial charge in [0.05, 0.1) is 22.1 Å². The summed E-state index contributed by atoms with van der Waals surface area (Å²) in [6.45, 7) is 5.02. The third-order valence-electron chi connectivity index (χ3n) is 2.52. The molecule has 0 aromatic carbocycles. The van der Waals surface area contributed by atoms with Gasteiger partial charge in [-0.1, -0.05) is 6.92 Å². The average Bonchev–Trinajstić information content (AvgIpc) is 2.29.